The minimum absolute atomic E-state index is 0.138. The lowest BCUT2D eigenvalue weighted by Crippen LogP contribution is -2.13. The molecule has 0 aliphatic heterocycles. The number of Topliss-reactive ketones (excluding diaryl/α,β-unsaturated/α-hetero) is 1. The summed E-state index contributed by atoms with van der Waals surface area (Å²) >= 11 is 2.77. The first-order chi connectivity index (χ1) is 7.81. The molecule has 0 saturated carbocycles. The average molecular weight is 313 g/mol. The standard InChI is InChI=1S/C10H5BrF4O2/c11-3-9(17)6-2-7(10(13,14)15)8(12)1-5(6)4-16/h1-2,4H,3H2. The summed E-state index contributed by atoms with van der Waals surface area (Å²) in [5, 5.41) is -0.253. The van der Waals surface area contributed by atoms with E-state index in [1.54, 1.807) is 0 Å². The van der Waals surface area contributed by atoms with Gasteiger partial charge in [-0.2, -0.15) is 13.2 Å². The van der Waals surface area contributed by atoms with Gasteiger partial charge in [0.15, 0.2) is 12.1 Å². The summed E-state index contributed by atoms with van der Waals surface area (Å²) in [6, 6.07) is 0.758. The summed E-state index contributed by atoms with van der Waals surface area (Å²) in [5.74, 6) is -2.30. The van der Waals surface area contributed by atoms with E-state index in [4.69, 9.17) is 0 Å². The average Bonchev–Trinajstić information content (AvgIpc) is 2.25. The van der Waals surface area contributed by atoms with Crippen LogP contribution in [0, 0.1) is 5.82 Å². The Bertz CT molecular complexity index is 468. The van der Waals surface area contributed by atoms with Crippen LogP contribution in [0.3, 0.4) is 0 Å². The first-order valence-electron chi connectivity index (χ1n) is 4.26. The Hall–Kier alpha value is -1.24. The molecule has 17 heavy (non-hydrogen) atoms. The van der Waals surface area contributed by atoms with E-state index in [0.29, 0.717) is 12.1 Å². The van der Waals surface area contributed by atoms with Gasteiger partial charge in [-0.1, -0.05) is 15.9 Å². The van der Waals surface area contributed by atoms with Crippen LogP contribution >= 0.6 is 15.9 Å². The van der Waals surface area contributed by atoms with Crippen LogP contribution in [0.15, 0.2) is 12.1 Å². The van der Waals surface area contributed by atoms with Crippen molar-refractivity contribution in [2.75, 3.05) is 5.33 Å². The van der Waals surface area contributed by atoms with Crippen molar-refractivity contribution in [3.8, 4) is 0 Å². The van der Waals surface area contributed by atoms with Gasteiger partial charge in [0.05, 0.1) is 10.9 Å². The number of alkyl halides is 4. The molecule has 0 aliphatic carbocycles. The molecule has 0 fully saturated rings. The van der Waals surface area contributed by atoms with E-state index >= 15 is 0 Å². The van der Waals surface area contributed by atoms with Crippen LogP contribution in [0.2, 0.25) is 0 Å². The van der Waals surface area contributed by atoms with Crippen LogP contribution in [0.1, 0.15) is 26.3 Å². The van der Waals surface area contributed by atoms with Crippen molar-refractivity contribution in [3.63, 3.8) is 0 Å². The summed E-state index contributed by atoms with van der Waals surface area (Å²) in [7, 11) is 0. The van der Waals surface area contributed by atoms with Gasteiger partial charge < -0.3 is 0 Å². The van der Waals surface area contributed by atoms with Gasteiger partial charge in [0.1, 0.15) is 5.82 Å². The number of carbonyl (C=O) groups excluding carboxylic acids is 2. The molecule has 2 nitrogen and oxygen atoms in total. The molecule has 0 aliphatic rings. The second-order valence-electron chi connectivity index (χ2n) is 3.09. The molecule has 0 radical (unpaired) electrons. The van der Waals surface area contributed by atoms with Gasteiger partial charge in [-0.15, -0.1) is 0 Å². The highest BCUT2D eigenvalue weighted by molar-refractivity contribution is 9.09. The molecule has 1 aromatic rings. The van der Waals surface area contributed by atoms with E-state index in [0.717, 1.165) is 0 Å². The zero-order chi connectivity index (χ0) is 13.2. The van der Waals surface area contributed by atoms with Crippen LogP contribution in [0.5, 0.6) is 0 Å². The van der Waals surface area contributed by atoms with Gasteiger partial charge in [-0.05, 0) is 12.1 Å². The van der Waals surface area contributed by atoms with Gasteiger partial charge in [0, 0.05) is 11.1 Å². The molecular weight excluding hydrogens is 308 g/mol. The molecule has 0 aromatic heterocycles. The van der Waals surface area contributed by atoms with Crippen molar-refractivity contribution in [2.24, 2.45) is 0 Å². The summed E-state index contributed by atoms with van der Waals surface area (Å²) in [5.41, 5.74) is -2.42. The fraction of sp³-hybridized carbons (Fsp3) is 0.200. The van der Waals surface area contributed by atoms with Crippen molar-refractivity contribution in [1.29, 1.82) is 0 Å². The highest BCUT2D eigenvalue weighted by atomic mass is 79.9. The number of hydrogen-bond acceptors (Lipinski definition) is 2. The SMILES string of the molecule is O=Cc1cc(F)c(C(F)(F)F)cc1C(=O)CBr. The molecule has 7 heteroatoms. The third kappa shape index (κ3) is 2.91. The van der Waals surface area contributed by atoms with Gasteiger partial charge in [-0.3, -0.25) is 9.59 Å². The summed E-state index contributed by atoms with van der Waals surface area (Å²) in [4.78, 5) is 21.8. The zero-order valence-corrected chi connectivity index (χ0v) is 9.73. The van der Waals surface area contributed by atoms with Gasteiger partial charge >= 0.3 is 6.18 Å². The van der Waals surface area contributed by atoms with Crippen LogP contribution in [0.25, 0.3) is 0 Å². The lowest BCUT2D eigenvalue weighted by Gasteiger charge is -2.10. The van der Waals surface area contributed by atoms with E-state index in [1.807, 2.05) is 0 Å². The monoisotopic (exact) mass is 312 g/mol. The fourth-order valence-electron chi connectivity index (χ4n) is 1.22. The van der Waals surface area contributed by atoms with Crippen molar-refractivity contribution < 1.29 is 27.2 Å². The first kappa shape index (κ1) is 13.8. The Morgan fingerprint density at radius 1 is 1.35 bits per heavy atom. The Kier molecular flexibility index (Phi) is 4.03. The van der Waals surface area contributed by atoms with Gasteiger partial charge in [0.25, 0.3) is 0 Å². The maximum absolute atomic E-state index is 13.1. The van der Waals surface area contributed by atoms with Gasteiger partial charge in [-0.25, -0.2) is 4.39 Å². The summed E-state index contributed by atoms with van der Waals surface area (Å²) < 4.78 is 50.2. The zero-order valence-electron chi connectivity index (χ0n) is 8.15. The minimum atomic E-state index is -4.91. The Balaban J connectivity index is 3.48. The molecule has 0 heterocycles. The summed E-state index contributed by atoms with van der Waals surface area (Å²) in [6.07, 6.45) is -4.77. The number of halogens is 5. The maximum Gasteiger partial charge on any atom is 0.419 e. The fourth-order valence-corrected chi connectivity index (χ4v) is 1.52. The predicted octanol–water partition coefficient (Wildman–Crippen LogP) is 3.23. The number of benzene rings is 1. The quantitative estimate of drug-likeness (QED) is 0.372. The highest BCUT2D eigenvalue weighted by Gasteiger charge is 2.35. The van der Waals surface area contributed by atoms with Crippen molar-refractivity contribution in [3.05, 3.63) is 34.6 Å². The molecule has 0 amide bonds. The number of aldehydes is 1. The molecular formula is C10H5BrF4O2. The predicted molar refractivity (Wildman–Crippen MR) is 54.9 cm³/mol. The molecule has 1 aromatic carbocycles. The van der Waals surface area contributed by atoms with E-state index in [-0.39, 0.29) is 11.6 Å². The Morgan fingerprint density at radius 2 is 1.94 bits per heavy atom. The largest absolute Gasteiger partial charge is 0.419 e. The molecule has 0 atom stereocenters. The number of ketones is 1. The molecule has 0 saturated heterocycles. The van der Waals surface area contributed by atoms with E-state index < -0.39 is 34.5 Å². The number of hydrogen-bond donors (Lipinski definition) is 0. The molecule has 0 bridgehead atoms. The van der Waals surface area contributed by atoms with Crippen LogP contribution in [-0.4, -0.2) is 17.4 Å². The van der Waals surface area contributed by atoms with E-state index in [9.17, 15) is 27.2 Å². The maximum atomic E-state index is 13.1. The van der Waals surface area contributed by atoms with E-state index in [1.165, 1.54) is 0 Å². The Labute approximate surface area is 102 Å². The molecule has 92 valence electrons. The lowest BCUT2D eigenvalue weighted by molar-refractivity contribution is -0.140. The Morgan fingerprint density at radius 3 is 2.35 bits per heavy atom. The topological polar surface area (TPSA) is 34.1 Å². The van der Waals surface area contributed by atoms with E-state index in [2.05, 4.69) is 15.9 Å². The second kappa shape index (κ2) is 4.95. The normalized spacial score (nSPS) is 11.4. The molecule has 0 N–H and O–H groups in total. The third-order valence-corrected chi connectivity index (χ3v) is 2.50. The number of rotatable bonds is 3. The summed E-state index contributed by atoms with van der Waals surface area (Å²) in [6.45, 7) is 0. The van der Waals surface area contributed by atoms with Gasteiger partial charge in [0.2, 0.25) is 0 Å². The second-order valence-corrected chi connectivity index (χ2v) is 3.65. The van der Waals surface area contributed by atoms with Crippen molar-refractivity contribution >= 4 is 28.0 Å². The van der Waals surface area contributed by atoms with Crippen LogP contribution < -0.4 is 0 Å². The molecule has 0 spiro atoms. The van der Waals surface area contributed by atoms with Crippen LogP contribution in [0.4, 0.5) is 17.6 Å². The minimum Gasteiger partial charge on any atom is -0.298 e. The molecule has 0 unspecified atom stereocenters. The third-order valence-electron chi connectivity index (χ3n) is 1.99. The number of carbonyl (C=O) groups is 2. The van der Waals surface area contributed by atoms with Crippen LogP contribution in [-0.2, 0) is 6.18 Å². The highest BCUT2D eigenvalue weighted by Crippen LogP contribution is 2.33. The smallest absolute Gasteiger partial charge is 0.298 e. The van der Waals surface area contributed by atoms with Crippen molar-refractivity contribution in [1.82, 2.24) is 0 Å². The molecule has 1 rings (SSSR count). The first-order valence-corrected chi connectivity index (χ1v) is 5.38. The lowest BCUT2D eigenvalue weighted by atomic mass is 10.0. The van der Waals surface area contributed by atoms with Crippen molar-refractivity contribution in [2.45, 2.75) is 6.18 Å².